The Morgan fingerprint density at radius 3 is 2.37 bits per heavy atom. The number of aliphatic hydroxyl groups is 2. The first-order chi connectivity index (χ1) is 9.11. The summed E-state index contributed by atoms with van der Waals surface area (Å²) in [6.45, 7) is 3.87. The van der Waals surface area contributed by atoms with Crippen molar-refractivity contribution in [2.24, 2.45) is 0 Å². The largest absolute Gasteiger partial charge is 0.461 e. The van der Waals surface area contributed by atoms with Crippen molar-refractivity contribution in [1.82, 2.24) is 0 Å². The molecule has 0 aromatic rings. The number of aliphatic hydroxyl groups excluding tert-OH is 2. The Kier molecular flexibility index (Phi) is 12.0. The molecule has 2 N–H and O–H groups in total. The molecular weight excluding hydrogens is 248 g/mol. The van der Waals surface area contributed by atoms with Crippen LogP contribution >= 0.6 is 0 Å². The Balaban J connectivity index is 3.51. The second-order valence-electron chi connectivity index (χ2n) is 4.75. The summed E-state index contributed by atoms with van der Waals surface area (Å²) in [6, 6.07) is 0. The van der Waals surface area contributed by atoms with Crippen LogP contribution < -0.4 is 0 Å². The van der Waals surface area contributed by atoms with Gasteiger partial charge in [0.1, 0.15) is 18.8 Å². The minimum atomic E-state index is -1.14. The van der Waals surface area contributed by atoms with E-state index in [1.165, 1.54) is 32.6 Å². The monoisotopic (exact) mass is 276 g/mol. The van der Waals surface area contributed by atoms with Gasteiger partial charge in [0, 0.05) is 6.61 Å². The standard InChI is InChI=1S/C14H28O5/c1-3-4-5-6-7-8-9-18-13(10-15)11-19-14(17)12(2)16/h12-13,15-16H,3-11H2,1-2H3. The summed E-state index contributed by atoms with van der Waals surface area (Å²) in [4.78, 5) is 11.0. The molecule has 2 atom stereocenters. The topological polar surface area (TPSA) is 76.0 Å². The Hall–Kier alpha value is -0.650. The fourth-order valence-corrected chi connectivity index (χ4v) is 1.58. The molecular formula is C14H28O5. The molecule has 0 radical (unpaired) electrons. The van der Waals surface area contributed by atoms with Crippen molar-refractivity contribution in [3.63, 3.8) is 0 Å². The van der Waals surface area contributed by atoms with Gasteiger partial charge in [0.05, 0.1) is 6.61 Å². The van der Waals surface area contributed by atoms with Gasteiger partial charge in [-0.25, -0.2) is 4.79 Å². The fourth-order valence-electron chi connectivity index (χ4n) is 1.58. The van der Waals surface area contributed by atoms with Crippen LogP contribution in [-0.4, -0.2) is 48.2 Å². The third-order valence-electron chi connectivity index (χ3n) is 2.81. The molecule has 5 heteroatoms. The van der Waals surface area contributed by atoms with Gasteiger partial charge in [-0.2, -0.15) is 0 Å². The van der Waals surface area contributed by atoms with Crippen molar-refractivity contribution in [3.8, 4) is 0 Å². The van der Waals surface area contributed by atoms with Crippen LogP contribution in [0.25, 0.3) is 0 Å². The number of ether oxygens (including phenoxy) is 2. The van der Waals surface area contributed by atoms with Crippen molar-refractivity contribution in [3.05, 3.63) is 0 Å². The lowest BCUT2D eigenvalue weighted by molar-refractivity contribution is -0.157. The molecule has 0 rings (SSSR count). The molecule has 0 aliphatic carbocycles. The second-order valence-corrected chi connectivity index (χ2v) is 4.75. The van der Waals surface area contributed by atoms with Crippen molar-refractivity contribution < 1.29 is 24.5 Å². The number of carbonyl (C=O) groups is 1. The van der Waals surface area contributed by atoms with E-state index in [0.717, 1.165) is 12.8 Å². The average molecular weight is 276 g/mol. The number of hydrogen-bond donors (Lipinski definition) is 2. The zero-order chi connectivity index (χ0) is 14.5. The molecule has 5 nitrogen and oxygen atoms in total. The van der Waals surface area contributed by atoms with Gasteiger partial charge in [-0.1, -0.05) is 39.0 Å². The van der Waals surface area contributed by atoms with Crippen LogP contribution in [0.1, 0.15) is 52.4 Å². The van der Waals surface area contributed by atoms with E-state index in [-0.39, 0.29) is 13.2 Å². The lowest BCUT2D eigenvalue weighted by Gasteiger charge is -2.16. The first-order valence-corrected chi connectivity index (χ1v) is 7.19. The quantitative estimate of drug-likeness (QED) is 0.419. The predicted molar refractivity (Wildman–Crippen MR) is 72.8 cm³/mol. The summed E-state index contributed by atoms with van der Waals surface area (Å²) < 4.78 is 10.2. The highest BCUT2D eigenvalue weighted by atomic mass is 16.6. The highest BCUT2D eigenvalue weighted by Crippen LogP contribution is 2.06. The Morgan fingerprint density at radius 1 is 1.16 bits per heavy atom. The van der Waals surface area contributed by atoms with Crippen LogP contribution in [0.2, 0.25) is 0 Å². The van der Waals surface area contributed by atoms with Gasteiger partial charge in [0.15, 0.2) is 0 Å². The van der Waals surface area contributed by atoms with Crippen molar-refractivity contribution in [2.75, 3.05) is 19.8 Å². The van der Waals surface area contributed by atoms with Gasteiger partial charge in [0.25, 0.3) is 0 Å². The molecule has 114 valence electrons. The van der Waals surface area contributed by atoms with Crippen molar-refractivity contribution in [2.45, 2.75) is 64.6 Å². The molecule has 0 saturated carbocycles. The Morgan fingerprint density at radius 2 is 1.79 bits per heavy atom. The van der Waals surface area contributed by atoms with E-state index in [4.69, 9.17) is 19.7 Å². The van der Waals surface area contributed by atoms with E-state index in [0.29, 0.717) is 6.61 Å². The summed E-state index contributed by atoms with van der Waals surface area (Å²) in [6.07, 6.45) is 5.39. The van der Waals surface area contributed by atoms with E-state index in [1.54, 1.807) is 0 Å². The first-order valence-electron chi connectivity index (χ1n) is 7.19. The summed E-state index contributed by atoms with van der Waals surface area (Å²) in [5.74, 6) is -0.693. The maximum Gasteiger partial charge on any atom is 0.334 e. The average Bonchev–Trinajstić information content (AvgIpc) is 2.40. The Bertz CT molecular complexity index is 218. The van der Waals surface area contributed by atoms with Gasteiger partial charge in [-0.05, 0) is 13.3 Å². The summed E-state index contributed by atoms with van der Waals surface area (Å²) >= 11 is 0. The van der Waals surface area contributed by atoms with Gasteiger partial charge in [-0.15, -0.1) is 0 Å². The number of rotatable bonds is 12. The van der Waals surface area contributed by atoms with Crippen LogP contribution in [0.15, 0.2) is 0 Å². The highest BCUT2D eigenvalue weighted by Gasteiger charge is 2.14. The summed E-state index contributed by atoms with van der Waals surface area (Å²) in [7, 11) is 0. The van der Waals surface area contributed by atoms with Gasteiger partial charge in [-0.3, -0.25) is 0 Å². The van der Waals surface area contributed by atoms with Crippen molar-refractivity contribution in [1.29, 1.82) is 0 Å². The minimum Gasteiger partial charge on any atom is -0.461 e. The zero-order valence-corrected chi connectivity index (χ0v) is 12.1. The van der Waals surface area contributed by atoms with Gasteiger partial charge >= 0.3 is 5.97 Å². The number of unbranched alkanes of at least 4 members (excludes halogenated alkanes) is 5. The number of carbonyl (C=O) groups excluding carboxylic acids is 1. The van der Waals surface area contributed by atoms with E-state index < -0.39 is 18.2 Å². The van der Waals surface area contributed by atoms with E-state index >= 15 is 0 Å². The highest BCUT2D eigenvalue weighted by molar-refractivity contribution is 5.73. The molecule has 0 heterocycles. The maximum absolute atomic E-state index is 11.0. The lowest BCUT2D eigenvalue weighted by Crippen LogP contribution is -2.29. The molecule has 0 spiro atoms. The maximum atomic E-state index is 11.0. The number of esters is 1. The molecule has 0 aliphatic rings. The molecule has 0 aliphatic heterocycles. The zero-order valence-electron chi connectivity index (χ0n) is 12.1. The summed E-state index contributed by atoms with van der Waals surface area (Å²) in [5, 5.41) is 18.0. The third kappa shape index (κ3) is 10.9. The molecule has 0 aromatic heterocycles. The van der Waals surface area contributed by atoms with Crippen LogP contribution in [0.3, 0.4) is 0 Å². The van der Waals surface area contributed by atoms with Crippen molar-refractivity contribution >= 4 is 5.97 Å². The van der Waals surface area contributed by atoms with Crippen LogP contribution in [0.5, 0.6) is 0 Å². The third-order valence-corrected chi connectivity index (χ3v) is 2.81. The van der Waals surface area contributed by atoms with E-state index in [1.807, 2.05) is 0 Å². The fraction of sp³-hybridized carbons (Fsp3) is 0.929. The molecule has 19 heavy (non-hydrogen) atoms. The SMILES string of the molecule is CCCCCCCCOC(CO)COC(=O)C(C)O. The Labute approximate surface area is 115 Å². The molecule has 0 fully saturated rings. The van der Waals surface area contributed by atoms with Crippen LogP contribution in [0, 0.1) is 0 Å². The summed E-state index contributed by atoms with van der Waals surface area (Å²) in [5.41, 5.74) is 0. The molecule has 0 amide bonds. The second kappa shape index (κ2) is 12.4. The smallest absolute Gasteiger partial charge is 0.334 e. The van der Waals surface area contributed by atoms with Gasteiger partial charge < -0.3 is 19.7 Å². The van der Waals surface area contributed by atoms with Crippen LogP contribution in [-0.2, 0) is 14.3 Å². The van der Waals surface area contributed by atoms with Gasteiger partial charge in [0.2, 0.25) is 0 Å². The van der Waals surface area contributed by atoms with E-state index in [9.17, 15) is 4.79 Å². The molecule has 0 aromatic carbocycles. The van der Waals surface area contributed by atoms with Crippen LogP contribution in [0.4, 0.5) is 0 Å². The number of hydrogen-bond acceptors (Lipinski definition) is 5. The molecule has 0 saturated heterocycles. The predicted octanol–water partition coefficient (Wildman–Crippen LogP) is 1.65. The molecule has 0 bridgehead atoms. The molecule has 2 unspecified atom stereocenters. The first kappa shape index (κ1) is 18.4. The lowest BCUT2D eigenvalue weighted by atomic mass is 10.1. The minimum absolute atomic E-state index is 0.0178. The van der Waals surface area contributed by atoms with E-state index in [2.05, 4.69) is 6.92 Å². The normalized spacial score (nSPS) is 14.1.